The van der Waals surface area contributed by atoms with Crippen LogP contribution in [0.15, 0.2) is 16.5 Å². The van der Waals surface area contributed by atoms with Gasteiger partial charge in [0.25, 0.3) is 5.91 Å². The summed E-state index contributed by atoms with van der Waals surface area (Å²) in [6.45, 7) is 4.41. The smallest absolute Gasteiger partial charge is 0.433 e. The van der Waals surface area contributed by atoms with Gasteiger partial charge in [0, 0.05) is 42.8 Å². The number of furan rings is 1. The first-order valence-electron chi connectivity index (χ1n) is 11.1. The minimum absolute atomic E-state index is 0.0483. The monoisotopic (exact) mass is 446 g/mol. The molecule has 1 saturated heterocycles. The third-order valence-corrected chi connectivity index (χ3v) is 6.55. The molecule has 1 unspecified atom stereocenters. The van der Waals surface area contributed by atoms with Crippen molar-refractivity contribution < 1.29 is 22.4 Å². The molecule has 4 heterocycles. The summed E-state index contributed by atoms with van der Waals surface area (Å²) in [7, 11) is 0. The minimum atomic E-state index is -4.53. The van der Waals surface area contributed by atoms with Crippen molar-refractivity contribution in [3.8, 4) is 0 Å². The molecule has 2 aliphatic rings. The van der Waals surface area contributed by atoms with E-state index in [1.54, 1.807) is 11.0 Å². The number of likely N-dealkylation sites (tertiary alicyclic amines) is 1. The van der Waals surface area contributed by atoms with E-state index in [9.17, 15) is 18.0 Å². The number of halogens is 3. The number of carbonyl (C=O) groups excluding carboxylic acids is 1. The predicted octanol–water partition coefficient (Wildman–Crippen LogP) is 4.86. The summed E-state index contributed by atoms with van der Waals surface area (Å²) in [6.07, 6.45) is 0.828. The maximum Gasteiger partial charge on any atom is 0.433 e. The maximum absolute atomic E-state index is 13.5. The topological polar surface area (TPSA) is 63.6 Å². The number of fused-ring (bicyclic) bond motifs is 2. The molecule has 1 aliphatic heterocycles. The van der Waals surface area contributed by atoms with Gasteiger partial charge in [0.15, 0.2) is 5.65 Å². The van der Waals surface area contributed by atoms with Gasteiger partial charge in [-0.05, 0) is 52.0 Å². The molecule has 1 atom stereocenters. The molecule has 3 aromatic heterocycles. The lowest BCUT2D eigenvalue weighted by atomic mass is 9.92. The van der Waals surface area contributed by atoms with E-state index in [0.717, 1.165) is 60.4 Å². The fourth-order valence-corrected chi connectivity index (χ4v) is 5.06. The van der Waals surface area contributed by atoms with Gasteiger partial charge in [0.2, 0.25) is 0 Å². The van der Waals surface area contributed by atoms with Crippen LogP contribution in [0, 0.1) is 13.8 Å². The molecule has 1 amide bonds. The third kappa shape index (κ3) is 3.57. The number of amides is 1. The van der Waals surface area contributed by atoms with Crippen molar-refractivity contribution in [2.75, 3.05) is 13.1 Å². The molecule has 6 nitrogen and oxygen atoms in total. The lowest BCUT2D eigenvalue weighted by molar-refractivity contribution is -0.142. The van der Waals surface area contributed by atoms with Crippen molar-refractivity contribution in [2.45, 2.75) is 64.5 Å². The molecular weight excluding hydrogens is 421 g/mol. The molecule has 0 radical (unpaired) electrons. The fraction of sp³-hybridized carbons (Fsp3) is 0.522. The number of rotatable bonds is 2. The molecule has 1 aliphatic carbocycles. The second-order valence-electron chi connectivity index (χ2n) is 8.85. The van der Waals surface area contributed by atoms with Crippen molar-refractivity contribution in [1.29, 1.82) is 0 Å². The summed E-state index contributed by atoms with van der Waals surface area (Å²) in [4.78, 5) is 19.4. The van der Waals surface area contributed by atoms with Crippen LogP contribution < -0.4 is 0 Å². The Kier molecular flexibility index (Phi) is 5.02. The van der Waals surface area contributed by atoms with Crippen LogP contribution in [0.1, 0.15) is 76.1 Å². The first-order chi connectivity index (χ1) is 15.2. The average Bonchev–Trinajstić information content (AvgIpc) is 3.32. The molecule has 0 bridgehead atoms. The van der Waals surface area contributed by atoms with Crippen LogP contribution in [-0.2, 0) is 19.0 Å². The van der Waals surface area contributed by atoms with Crippen LogP contribution in [0.3, 0.4) is 0 Å². The highest BCUT2D eigenvalue weighted by Gasteiger charge is 2.36. The average molecular weight is 446 g/mol. The van der Waals surface area contributed by atoms with Crippen LogP contribution in [0.2, 0.25) is 0 Å². The van der Waals surface area contributed by atoms with Crippen LogP contribution >= 0.6 is 0 Å². The van der Waals surface area contributed by atoms with Crippen molar-refractivity contribution in [2.24, 2.45) is 0 Å². The Morgan fingerprint density at radius 1 is 1.16 bits per heavy atom. The van der Waals surface area contributed by atoms with Gasteiger partial charge < -0.3 is 9.32 Å². The molecule has 0 aromatic carbocycles. The Bertz CT molecular complexity index is 1190. The van der Waals surface area contributed by atoms with E-state index in [1.165, 1.54) is 6.92 Å². The molecule has 5 rings (SSSR count). The first kappa shape index (κ1) is 21.0. The van der Waals surface area contributed by atoms with Crippen LogP contribution in [0.4, 0.5) is 13.2 Å². The number of hydrogen-bond acceptors (Lipinski definition) is 4. The zero-order valence-electron chi connectivity index (χ0n) is 18.1. The molecule has 170 valence electrons. The summed E-state index contributed by atoms with van der Waals surface area (Å²) in [5, 5.41) is 4.27. The predicted molar refractivity (Wildman–Crippen MR) is 111 cm³/mol. The Balaban J connectivity index is 1.44. The highest BCUT2D eigenvalue weighted by Crippen LogP contribution is 2.34. The van der Waals surface area contributed by atoms with Gasteiger partial charge in [-0.15, -0.1) is 0 Å². The SMILES string of the molecule is Cc1cc(C(F)(F)F)n2nc(C3CCCN(C(=O)c4c(C)oc5c4CCCC5)C3)cc2n1. The Labute approximate surface area is 183 Å². The number of hydrogen-bond donors (Lipinski definition) is 0. The quantitative estimate of drug-likeness (QED) is 0.564. The lowest BCUT2D eigenvalue weighted by Crippen LogP contribution is -2.39. The van der Waals surface area contributed by atoms with Gasteiger partial charge in [-0.1, -0.05) is 0 Å². The molecule has 9 heteroatoms. The van der Waals surface area contributed by atoms with Crippen LogP contribution in [0.5, 0.6) is 0 Å². The molecule has 1 fully saturated rings. The normalized spacial score (nSPS) is 19.4. The zero-order valence-corrected chi connectivity index (χ0v) is 18.1. The van der Waals surface area contributed by atoms with E-state index < -0.39 is 11.9 Å². The Hall–Kier alpha value is -2.84. The van der Waals surface area contributed by atoms with E-state index in [4.69, 9.17) is 4.42 Å². The number of aromatic nitrogens is 3. The zero-order chi connectivity index (χ0) is 22.6. The molecule has 0 N–H and O–H groups in total. The number of nitrogens with zero attached hydrogens (tertiary/aromatic N) is 4. The summed E-state index contributed by atoms with van der Waals surface area (Å²) < 4.78 is 47.3. The van der Waals surface area contributed by atoms with Crippen LogP contribution in [-0.4, -0.2) is 38.5 Å². The van der Waals surface area contributed by atoms with Gasteiger partial charge in [0.05, 0.1) is 11.3 Å². The molecule has 0 spiro atoms. The Morgan fingerprint density at radius 2 is 1.94 bits per heavy atom. The second-order valence-corrected chi connectivity index (χ2v) is 8.85. The highest BCUT2D eigenvalue weighted by molar-refractivity contribution is 5.97. The molecular formula is C23H25F3N4O2. The van der Waals surface area contributed by atoms with Gasteiger partial charge in [-0.2, -0.15) is 18.3 Å². The van der Waals surface area contributed by atoms with Gasteiger partial charge in [-0.3, -0.25) is 4.79 Å². The van der Waals surface area contributed by atoms with Crippen molar-refractivity contribution >= 4 is 11.6 Å². The van der Waals surface area contributed by atoms with Crippen molar-refractivity contribution in [3.63, 3.8) is 0 Å². The van der Waals surface area contributed by atoms with E-state index >= 15 is 0 Å². The summed E-state index contributed by atoms with van der Waals surface area (Å²) >= 11 is 0. The van der Waals surface area contributed by atoms with Gasteiger partial charge >= 0.3 is 6.18 Å². The number of carbonyl (C=O) groups is 1. The van der Waals surface area contributed by atoms with E-state index in [2.05, 4.69) is 10.1 Å². The highest BCUT2D eigenvalue weighted by atomic mass is 19.4. The standard InChI is InChI=1S/C23H25F3N4O2/c1-13-10-19(23(24,25)26)30-20(27-13)11-17(28-30)15-6-5-9-29(12-15)22(31)21-14(2)32-18-8-4-3-7-16(18)21/h10-11,15H,3-9,12H2,1-2H3. The lowest BCUT2D eigenvalue weighted by Gasteiger charge is -2.32. The van der Waals surface area contributed by atoms with E-state index in [-0.39, 0.29) is 23.2 Å². The maximum atomic E-state index is 13.5. The number of piperidine rings is 1. The molecule has 0 saturated carbocycles. The molecule has 32 heavy (non-hydrogen) atoms. The fourth-order valence-electron chi connectivity index (χ4n) is 5.06. The number of aryl methyl sites for hydroxylation is 3. The van der Waals surface area contributed by atoms with E-state index in [1.807, 2.05) is 6.92 Å². The second kappa shape index (κ2) is 7.64. The van der Waals surface area contributed by atoms with Crippen molar-refractivity contribution in [1.82, 2.24) is 19.5 Å². The summed E-state index contributed by atoms with van der Waals surface area (Å²) in [6, 6.07) is 2.62. The summed E-state index contributed by atoms with van der Waals surface area (Å²) in [5.41, 5.74) is 1.87. The third-order valence-electron chi connectivity index (χ3n) is 6.55. The van der Waals surface area contributed by atoms with Gasteiger partial charge in [-0.25, -0.2) is 9.50 Å². The Morgan fingerprint density at radius 3 is 2.72 bits per heavy atom. The van der Waals surface area contributed by atoms with Crippen molar-refractivity contribution in [3.05, 3.63) is 51.9 Å². The molecule has 3 aromatic rings. The largest absolute Gasteiger partial charge is 0.465 e. The van der Waals surface area contributed by atoms with E-state index in [0.29, 0.717) is 30.1 Å². The van der Waals surface area contributed by atoms with Gasteiger partial charge in [0.1, 0.15) is 17.2 Å². The number of alkyl halides is 3. The minimum Gasteiger partial charge on any atom is -0.465 e. The first-order valence-corrected chi connectivity index (χ1v) is 11.1. The van der Waals surface area contributed by atoms with Crippen LogP contribution in [0.25, 0.3) is 5.65 Å². The summed E-state index contributed by atoms with van der Waals surface area (Å²) in [5.74, 6) is 1.39.